The van der Waals surface area contributed by atoms with Crippen molar-refractivity contribution in [3.63, 3.8) is 0 Å². The molecule has 31 heavy (non-hydrogen) atoms. The first kappa shape index (κ1) is 21.0. The van der Waals surface area contributed by atoms with Gasteiger partial charge in [0, 0.05) is 31.1 Å². The normalized spacial score (nSPS) is 15.5. The first-order valence-corrected chi connectivity index (χ1v) is 10.4. The molecule has 4 rings (SSSR count). The third kappa shape index (κ3) is 3.46. The van der Waals surface area contributed by atoms with Crippen LogP contribution in [-0.4, -0.2) is 23.4 Å². The van der Waals surface area contributed by atoms with E-state index in [2.05, 4.69) is 39.8 Å². The summed E-state index contributed by atoms with van der Waals surface area (Å²) < 4.78 is 14.5. The van der Waals surface area contributed by atoms with Gasteiger partial charge in [0.25, 0.3) is 0 Å². The summed E-state index contributed by atoms with van der Waals surface area (Å²) in [6, 6.07) is 10.2. The molecule has 0 N–H and O–H groups in total. The second-order valence-electron chi connectivity index (χ2n) is 8.39. The molecule has 0 amide bonds. The molecule has 162 valence electrons. The Kier molecular flexibility index (Phi) is 5.25. The monoisotopic (exact) mass is 419 g/mol. The van der Waals surface area contributed by atoms with E-state index in [1.165, 1.54) is 5.56 Å². The van der Waals surface area contributed by atoms with Crippen molar-refractivity contribution in [1.82, 2.24) is 9.13 Å². The zero-order valence-electron chi connectivity index (χ0n) is 19.2. The second kappa shape index (κ2) is 7.76. The summed E-state index contributed by atoms with van der Waals surface area (Å²) in [5, 5.41) is 0. The van der Waals surface area contributed by atoms with Crippen LogP contribution in [0.5, 0.6) is 11.5 Å². The molecule has 2 aromatic carbocycles. The average molecular weight is 420 g/mol. The molecule has 6 heteroatoms. The minimum atomic E-state index is -0.0778. The number of methoxy groups -OCH3 is 2. The summed E-state index contributed by atoms with van der Waals surface area (Å²) in [4.78, 5) is 18.2. The zero-order valence-corrected chi connectivity index (χ0v) is 19.2. The molecular weight excluding hydrogens is 390 g/mol. The maximum atomic E-state index is 13.3. The molecule has 0 saturated heterocycles. The van der Waals surface area contributed by atoms with Crippen LogP contribution in [0.25, 0.3) is 11.3 Å². The quantitative estimate of drug-likeness (QED) is 0.641. The van der Waals surface area contributed by atoms with Crippen LogP contribution in [0.4, 0.5) is 5.69 Å². The fourth-order valence-electron chi connectivity index (χ4n) is 4.55. The molecule has 1 aromatic heterocycles. The highest BCUT2D eigenvalue weighted by Crippen LogP contribution is 2.41. The number of hydrogen-bond donors (Lipinski definition) is 0. The van der Waals surface area contributed by atoms with Crippen molar-refractivity contribution < 1.29 is 9.47 Å². The number of benzene rings is 2. The molecule has 3 aromatic rings. The Balaban J connectivity index is 2.02. The molecule has 1 aliphatic heterocycles. The Bertz CT molecular complexity index is 1290. The van der Waals surface area contributed by atoms with E-state index in [4.69, 9.17) is 14.5 Å². The van der Waals surface area contributed by atoms with Crippen molar-refractivity contribution in [2.45, 2.75) is 40.2 Å². The van der Waals surface area contributed by atoms with Crippen LogP contribution in [0.1, 0.15) is 35.1 Å². The lowest BCUT2D eigenvalue weighted by Crippen LogP contribution is -2.41. The number of fused-ring (bicyclic) bond motifs is 3. The predicted molar refractivity (Wildman–Crippen MR) is 123 cm³/mol. The van der Waals surface area contributed by atoms with Crippen molar-refractivity contribution in [2.24, 2.45) is 12.0 Å². The molecule has 0 fully saturated rings. The average Bonchev–Trinajstić information content (AvgIpc) is 2.73. The van der Waals surface area contributed by atoms with Gasteiger partial charge in [-0.1, -0.05) is 24.6 Å². The van der Waals surface area contributed by atoms with Crippen molar-refractivity contribution >= 4 is 5.69 Å². The van der Waals surface area contributed by atoms with Gasteiger partial charge in [-0.15, -0.1) is 0 Å². The third-order valence-corrected chi connectivity index (χ3v) is 6.10. The van der Waals surface area contributed by atoms with Crippen LogP contribution in [0, 0.1) is 20.8 Å². The van der Waals surface area contributed by atoms with Gasteiger partial charge in [-0.05, 0) is 49.6 Å². The number of ether oxygens (including phenoxy) is 2. The highest BCUT2D eigenvalue weighted by molar-refractivity contribution is 5.71. The molecule has 1 aliphatic rings. The maximum absolute atomic E-state index is 13.3. The molecule has 0 bridgehead atoms. The number of aromatic nitrogens is 2. The first-order chi connectivity index (χ1) is 14.7. The molecular formula is C25H29N3O3. The van der Waals surface area contributed by atoms with Gasteiger partial charge in [0.05, 0.1) is 25.6 Å². The van der Waals surface area contributed by atoms with E-state index in [0.29, 0.717) is 23.5 Å². The van der Waals surface area contributed by atoms with Crippen molar-refractivity contribution in [2.75, 3.05) is 14.2 Å². The largest absolute Gasteiger partial charge is 0.493 e. The van der Waals surface area contributed by atoms with Crippen molar-refractivity contribution in [3.05, 3.63) is 68.6 Å². The second-order valence-corrected chi connectivity index (χ2v) is 8.39. The Morgan fingerprint density at radius 2 is 1.58 bits per heavy atom. The summed E-state index contributed by atoms with van der Waals surface area (Å²) in [6.45, 7) is 8.91. The topological polar surface area (TPSA) is 57.8 Å². The van der Waals surface area contributed by atoms with Gasteiger partial charge in [-0.25, -0.2) is 9.79 Å². The van der Waals surface area contributed by atoms with Crippen LogP contribution in [0.2, 0.25) is 0 Å². The van der Waals surface area contributed by atoms with E-state index in [1.807, 2.05) is 22.8 Å². The summed E-state index contributed by atoms with van der Waals surface area (Å²) >= 11 is 0. The van der Waals surface area contributed by atoms with Crippen LogP contribution >= 0.6 is 0 Å². The number of nitrogens with zero attached hydrogens (tertiary/aromatic N) is 3. The standard InChI is InChI=1S/C25H29N3O3/c1-14-8-15(2)24(16(3)9-14)26-23-12-20-19-11-22(31-7)21(30-6)10-18(19)17(4)13-28(20)25(29)27(23)5/h8-12,17H,13H2,1-7H3/t17-/m1/s1. The molecule has 1 atom stereocenters. The van der Waals surface area contributed by atoms with Crippen LogP contribution in [0.15, 0.2) is 40.1 Å². The Morgan fingerprint density at radius 3 is 2.19 bits per heavy atom. The fraction of sp³-hybridized carbons (Fsp3) is 0.360. The van der Waals surface area contributed by atoms with E-state index < -0.39 is 0 Å². The molecule has 0 spiro atoms. The van der Waals surface area contributed by atoms with E-state index in [9.17, 15) is 4.79 Å². The van der Waals surface area contributed by atoms with Gasteiger partial charge in [0.2, 0.25) is 0 Å². The minimum Gasteiger partial charge on any atom is -0.493 e. The Labute approximate surface area is 182 Å². The molecule has 2 heterocycles. The summed E-state index contributed by atoms with van der Waals surface area (Å²) in [7, 11) is 5.04. The lowest BCUT2D eigenvalue weighted by molar-refractivity contribution is 0.354. The van der Waals surface area contributed by atoms with E-state index >= 15 is 0 Å². The van der Waals surface area contributed by atoms with Gasteiger partial charge in [0.15, 0.2) is 11.5 Å². The molecule has 0 radical (unpaired) electrons. The zero-order chi connectivity index (χ0) is 22.4. The Hall–Kier alpha value is -3.28. The summed E-state index contributed by atoms with van der Waals surface area (Å²) in [6.07, 6.45) is 0. The number of rotatable bonds is 3. The van der Waals surface area contributed by atoms with Gasteiger partial charge in [-0.3, -0.25) is 9.13 Å². The van der Waals surface area contributed by atoms with Crippen LogP contribution in [-0.2, 0) is 13.6 Å². The van der Waals surface area contributed by atoms with E-state index in [0.717, 1.165) is 33.6 Å². The van der Waals surface area contributed by atoms with Gasteiger partial charge in [-0.2, -0.15) is 0 Å². The fourth-order valence-corrected chi connectivity index (χ4v) is 4.55. The SMILES string of the molecule is COc1cc2c(cc1OC)[C@H](C)Cn1c-2cc(=Nc2c(C)cc(C)cc2C)n(C)c1=O. The van der Waals surface area contributed by atoms with Crippen LogP contribution in [0.3, 0.4) is 0 Å². The summed E-state index contributed by atoms with van der Waals surface area (Å²) in [5.41, 5.74) is 7.80. The number of hydrogen-bond acceptors (Lipinski definition) is 4. The lowest BCUT2D eigenvalue weighted by atomic mass is 9.89. The molecule has 6 nitrogen and oxygen atoms in total. The molecule has 0 aliphatic carbocycles. The van der Waals surface area contributed by atoms with Gasteiger partial charge in [0.1, 0.15) is 5.49 Å². The van der Waals surface area contributed by atoms with Gasteiger partial charge < -0.3 is 9.47 Å². The summed E-state index contributed by atoms with van der Waals surface area (Å²) in [5.74, 6) is 1.51. The maximum Gasteiger partial charge on any atom is 0.329 e. The van der Waals surface area contributed by atoms with Crippen molar-refractivity contribution in [3.8, 4) is 22.8 Å². The lowest BCUT2D eigenvalue weighted by Gasteiger charge is -2.28. The first-order valence-electron chi connectivity index (χ1n) is 10.4. The van der Waals surface area contributed by atoms with Crippen LogP contribution < -0.4 is 20.7 Å². The molecule has 0 unspecified atom stereocenters. The van der Waals surface area contributed by atoms with E-state index in [-0.39, 0.29) is 11.6 Å². The minimum absolute atomic E-state index is 0.0778. The smallest absolute Gasteiger partial charge is 0.329 e. The highest BCUT2D eigenvalue weighted by atomic mass is 16.5. The predicted octanol–water partition coefficient (Wildman–Crippen LogP) is 4.15. The third-order valence-electron chi connectivity index (χ3n) is 6.10. The van der Waals surface area contributed by atoms with Gasteiger partial charge >= 0.3 is 5.69 Å². The van der Waals surface area contributed by atoms with Crippen molar-refractivity contribution in [1.29, 1.82) is 0 Å². The number of aryl methyl sites for hydroxylation is 3. The molecule has 0 saturated carbocycles. The van der Waals surface area contributed by atoms with E-state index in [1.54, 1.807) is 25.8 Å². The Morgan fingerprint density at radius 1 is 0.968 bits per heavy atom. The highest BCUT2D eigenvalue weighted by Gasteiger charge is 2.26.